The molecule has 82 heavy (non-hydrogen) atoms. The molecular weight excluding hydrogens is 1070 g/mol. The van der Waals surface area contributed by atoms with E-state index < -0.39 is 27.0 Å². The van der Waals surface area contributed by atoms with Crippen LogP contribution in [0.3, 0.4) is 0 Å². The Balaban J connectivity index is 1.02. The largest absolute Gasteiger partial charge is 0.456 e. The van der Waals surface area contributed by atoms with Crippen molar-refractivity contribution in [2.75, 3.05) is 0 Å². The number of hydrogen-bond donors (Lipinski definition) is 0. The lowest BCUT2D eigenvalue weighted by Gasteiger charge is -2.54. The SMILES string of the molecule is C[Si]1(C)c2ccccc2C2(c3ccccc31)c1cc(-n3c4ccccc4c4cc5oc6ccccc6c5cc43)sc1C1(c3ccccc3[Si](C)(C)c3ccccc31)c1cc(-n3c4ccccc4c4cc5oc6ccccc6c5cc43)sc12. The van der Waals surface area contributed by atoms with E-state index in [0.29, 0.717) is 0 Å². The van der Waals surface area contributed by atoms with E-state index in [1.165, 1.54) is 117 Å². The number of rotatable bonds is 2. The first-order valence-corrected chi connectivity index (χ1v) is 36.2. The fourth-order valence-corrected chi connectivity index (χ4v) is 25.6. The molecule has 0 atom stereocenters. The molecule has 6 aromatic heterocycles. The Morgan fingerprint density at radius 2 is 0.622 bits per heavy atom. The summed E-state index contributed by atoms with van der Waals surface area (Å²) in [5.41, 5.74) is 15.4. The van der Waals surface area contributed by atoms with E-state index in [-0.39, 0.29) is 0 Å². The van der Waals surface area contributed by atoms with Crippen LogP contribution in [0.4, 0.5) is 0 Å². The molecule has 8 heteroatoms. The van der Waals surface area contributed by atoms with Gasteiger partial charge in [-0.3, -0.25) is 0 Å². The fourth-order valence-electron chi connectivity index (χ4n) is 16.3. The summed E-state index contributed by atoms with van der Waals surface area (Å²) in [5.74, 6) is 0. The highest BCUT2D eigenvalue weighted by Crippen LogP contribution is 2.66. The van der Waals surface area contributed by atoms with Crippen LogP contribution in [0.5, 0.6) is 0 Å². The van der Waals surface area contributed by atoms with E-state index in [1.54, 1.807) is 0 Å². The molecule has 0 bridgehead atoms. The normalized spacial score (nSPS) is 16.0. The molecule has 3 aliphatic rings. The van der Waals surface area contributed by atoms with Crippen LogP contribution >= 0.6 is 22.7 Å². The summed E-state index contributed by atoms with van der Waals surface area (Å²) in [6.45, 7) is 10.3. The Labute approximate surface area is 482 Å². The topological polar surface area (TPSA) is 36.1 Å². The Bertz CT molecular complexity index is 5030. The molecule has 0 unspecified atom stereocenters. The van der Waals surface area contributed by atoms with Gasteiger partial charge in [0.15, 0.2) is 0 Å². The lowest BCUT2D eigenvalue weighted by Crippen LogP contribution is -2.66. The second-order valence-corrected chi connectivity index (χ2v) is 34.9. The summed E-state index contributed by atoms with van der Waals surface area (Å²) >= 11 is 4.03. The zero-order chi connectivity index (χ0) is 54.2. The maximum Gasteiger partial charge on any atom is 0.136 e. The zero-order valence-corrected chi connectivity index (χ0v) is 49.1. The number of hydrogen-bond acceptors (Lipinski definition) is 4. The number of benzene rings is 10. The number of furan rings is 2. The van der Waals surface area contributed by atoms with E-state index in [1.807, 2.05) is 22.7 Å². The summed E-state index contributed by atoms with van der Waals surface area (Å²) in [6, 6.07) is 88.4. The second kappa shape index (κ2) is 15.6. The predicted molar refractivity (Wildman–Crippen MR) is 349 cm³/mol. The van der Waals surface area contributed by atoms with Gasteiger partial charge in [-0.15, -0.1) is 22.7 Å². The molecule has 0 fully saturated rings. The molecule has 10 aromatic carbocycles. The van der Waals surface area contributed by atoms with Crippen LogP contribution in [0.15, 0.2) is 239 Å². The summed E-state index contributed by atoms with van der Waals surface area (Å²) in [4.78, 5) is 2.79. The zero-order valence-electron chi connectivity index (χ0n) is 45.5. The van der Waals surface area contributed by atoms with Gasteiger partial charge in [-0.25, -0.2) is 0 Å². The van der Waals surface area contributed by atoms with Crippen molar-refractivity contribution in [3.8, 4) is 10.0 Å². The summed E-state index contributed by atoms with van der Waals surface area (Å²) in [7, 11) is -4.61. The fraction of sp³-hybridized carbons (Fsp3) is 0.0811. The Morgan fingerprint density at radius 1 is 0.293 bits per heavy atom. The van der Waals surface area contributed by atoms with E-state index >= 15 is 0 Å². The van der Waals surface area contributed by atoms with Gasteiger partial charge in [0.2, 0.25) is 0 Å². The minimum Gasteiger partial charge on any atom is -0.456 e. The number of para-hydroxylation sites is 4. The van der Waals surface area contributed by atoms with Crippen molar-refractivity contribution >= 4 is 147 Å². The standard InChI is InChI=1S/C74H50N2O2S2Si2/c1-81(2)65-33-17-9-25-51(65)73(52-26-10-18-34-66(52)81)55-41-69(75-57-29-13-5-21-43(57)47-39-63-49(37-59(47)75)45-23-7-15-31-61(45)77-63)80-72(55)74(53-27-11-19-35-67(53)82(3,4)68-36-20-12-28-54(68)74)56-42-70(79-71(56)73)76-58-30-14-6-22-44(58)48-40-64-50(38-60(48)76)46-24-8-16-32-62(46)78-64/h5-42H,1-4H3. The molecule has 19 rings (SSSR count). The third-order valence-electron chi connectivity index (χ3n) is 19.7. The molecule has 0 amide bonds. The van der Waals surface area contributed by atoms with Gasteiger partial charge in [-0.05, 0) is 115 Å². The van der Waals surface area contributed by atoms with Gasteiger partial charge >= 0.3 is 0 Å². The van der Waals surface area contributed by atoms with Crippen LogP contribution in [0.25, 0.3) is 97.5 Å². The van der Waals surface area contributed by atoms with Crippen molar-refractivity contribution < 1.29 is 8.83 Å². The summed E-state index contributed by atoms with van der Waals surface area (Å²) < 4.78 is 18.5. The Hall–Kier alpha value is -8.77. The van der Waals surface area contributed by atoms with Gasteiger partial charge in [0.25, 0.3) is 0 Å². The minimum atomic E-state index is -2.30. The first-order valence-electron chi connectivity index (χ1n) is 28.6. The van der Waals surface area contributed by atoms with Gasteiger partial charge in [-0.2, -0.15) is 0 Å². The monoisotopic (exact) mass is 1120 g/mol. The van der Waals surface area contributed by atoms with Crippen LogP contribution in [0.1, 0.15) is 43.1 Å². The van der Waals surface area contributed by atoms with Gasteiger partial charge < -0.3 is 18.0 Å². The van der Waals surface area contributed by atoms with E-state index in [0.717, 1.165) is 43.9 Å². The van der Waals surface area contributed by atoms with Crippen molar-refractivity contribution in [1.29, 1.82) is 0 Å². The maximum atomic E-state index is 6.65. The van der Waals surface area contributed by atoms with Gasteiger partial charge in [-0.1, -0.05) is 196 Å². The molecular formula is C74H50N2O2S2Si2. The molecule has 2 spiro atoms. The Morgan fingerprint density at radius 3 is 1.01 bits per heavy atom. The molecule has 4 nitrogen and oxygen atoms in total. The van der Waals surface area contributed by atoms with Crippen LogP contribution in [-0.2, 0) is 10.8 Å². The highest BCUT2D eigenvalue weighted by Gasteiger charge is 2.62. The van der Waals surface area contributed by atoms with Crippen molar-refractivity contribution in [2.45, 2.75) is 37.0 Å². The van der Waals surface area contributed by atoms with Gasteiger partial charge in [0, 0.05) is 52.8 Å². The van der Waals surface area contributed by atoms with Crippen LogP contribution in [0, 0.1) is 0 Å². The second-order valence-electron chi connectivity index (χ2n) is 24.2. The predicted octanol–water partition coefficient (Wildman–Crippen LogP) is 17.2. The molecule has 0 saturated carbocycles. The summed E-state index contributed by atoms with van der Waals surface area (Å²) in [5, 5.41) is 17.8. The van der Waals surface area contributed by atoms with Crippen LogP contribution in [0.2, 0.25) is 26.2 Å². The van der Waals surface area contributed by atoms with Crippen molar-refractivity contribution in [1.82, 2.24) is 9.13 Å². The molecule has 2 aliphatic heterocycles. The molecule has 0 radical (unpaired) electrons. The number of aromatic nitrogens is 2. The van der Waals surface area contributed by atoms with Crippen molar-refractivity contribution in [2.24, 2.45) is 0 Å². The lowest BCUT2D eigenvalue weighted by atomic mass is 9.55. The highest BCUT2D eigenvalue weighted by atomic mass is 32.1. The molecule has 16 aromatic rings. The third kappa shape index (κ3) is 5.39. The molecule has 388 valence electrons. The van der Waals surface area contributed by atoms with Crippen LogP contribution in [-0.4, -0.2) is 25.3 Å². The molecule has 1 aliphatic carbocycles. The first kappa shape index (κ1) is 45.9. The molecule has 0 N–H and O–H groups in total. The van der Waals surface area contributed by atoms with Gasteiger partial charge in [0.05, 0.1) is 32.9 Å². The summed E-state index contributed by atoms with van der Waals surface area (Å²) in [6.07, 6.45) is 0. The van der Waals surface area contributed by atoms with Crippen LogP contribution < -0.4 is 20.7 Å². The van der Waals surface area contributed by atoms with Gasteiger partial charge in [0.1, 0.15) is 48.5 Å². The van der Waals surface area contributed by atoms with Crippen molar-refractivity contribution in [3.63, 3.8) is 0 Å². The highest BCUT2D eigenvalue weighted by molar-refractivity contribution is 7.16. The number of fused-ring (bicyclic) bond motifs is 26. The molecule has 0 saturated heterocycles. The van der Waals surface area contributed by atoms with Crippen molar-refractivity contribution in [3.05, 3.63) is 274 Å². The maximum absolute atomic E-state index is 6.65. The molecule has 8 heterocycles. The van der Waals surface area contributed by atoms with E-state index in [4.69, 9.17) is 8.83 Å². The lowest BCUT2D eigenvalue weighted by molar-refractivity contribution is 0.646. The minimum absolute atomic E-state index is 0.697. The smallest absolute Gasteiger partial charge is 0.136 e. The average Bonchev–Trinajstić information content (AvgIpc) is 1.50. The van der Waals surface area contributed by atoms with E-state index in [2.05, 4.69) is 266 Å². The quantitative estimate of drug-likeness (QED) is 0.162. The van der Waals surface area contributed by atoms with E-state index in [9.17, 15) is 0 Å². The number of thiophene rings is 2. The number of nitrogens with zero attached hydrogens (tertiary/aromatic N) is 2. The average molecular weight is 1120 g/mol. The third-order valence-corrected chi connectivity index (χ3v) is 29.3. The Kier molecular flexibility index (Phi) is 8.74. The first-order chi connectivity index (χ1) is 40.2.